The molecule has 2 saturated carbocycles. The molecule has 5 rings (SSSR count). The van der Waals surface area contributed by atoms with Gasteiger partial charge in [-0.25, -0.2) is 8.78 Å². The van der Waals surface area contributed by atoms with Gasteiger partial charge in [-0.05, 0) is 105 Å². The highest BCUT2D eigenvalue weighted by molar-refractivity contribution is 5.28. The third-order valence-corrected chi connectivity index (χ3v) is 8.55. The van der Waals surface area contributed by atoms with Crippen molar-refractivity contribution in [2.45, 2.75) is 76.6 Å². The van der Waals surface area contributed by atoms with Crippen molar-refractivity contribution in [2.24, 2.45) is 23.7 Å². The van der Waals surface area contributed by atoms with Gasteiger partial charge in [-0.3, -0.25) is 0 Å². The minimum Gasteiger partial charge on any atom is -0.432 e. The highest BCUT2D eigenvalue weighted by Crippen LogP contribution is 2.47. The van der Waals surface area contributed by atoms with Crippen molar-refractivity contribution in [3.63, 3.8) is 0 Å². The zero-order valence-corrected chi connectivity index (χ0v) is 21.3. The first-order chi connectivity index (χ1) is 17.8. The minimum absolute atomic E-state index is 0.0134. The standard InChI is InChI=1S/C30H36F4O3/c1-19-17-35-29(36-18-19)23-8-15-27(28(32)16-23)22-4-2-20(3-5-22)21-6-9-24(10-7-21)30(33,34)37-26-13-11-25(31)12-14-26/h8,11-16,19-22,24,29H,2-7,9-10,17-18H2,1H3. The Bertz CT molecular complexity index is 1020. The summed E-state index contributed by atoms with van der Waals surface area (Å²) in [6, 6.07) is 10.1. The normalized spacial score (nSPS) is 31.2. The van der Waals surface area contributed by atoms with E-state index in [9.17, 15) is 13.2 Å². The van der Waals surface area contributed by atoms with Crippen LogP contribution in [0.15, 0.2) is 42.5 Å². The van der Waals surface area contributed by atoms with Crippen LogP contribution >= 0.6 is 0 Å². The summed E-state index contributed by atoms with van der Waals surface area (Å²) in [7, 11) is 0. The van der Waals surface area contributed by atoms with Crippen LogP contribution in [0.25, 0.3) is 0 Å². The van der Waals surface area contributed by atoms with Gasteiger partial charge in [0.05, 0.1) is 19.1 Å². The van der Waals surface area contributed by atoms with Crippen LogP contribution in [0.5, 0.6) is 5.75 Å². The van der Waals surface area contributed by atoms with Crippen molar-refractivity contribution in [3.8, 4) is 5.75 Å². The van der Waals surface area contributed by atoms with Crippen LogP contribution < -0.4 is 4.74 Å². The lowest BCUT2D eigenvalue weighted by molar-refractivity contribution is -0.224. The number of hydrogen-bond acceptors (Lipinski definition) is 3. The maximum absolute atomic E-state index is 15.0. The van der Waals surface area contributed by atoms with Crippen LogP contribution in [0, 0.1) is 35.3 Å². The van der Waals surface area contributed by atoms with Gasteiger partial charge in [-0.15, -0.1) is 0 Å². The van der Waals surface area contributed by atoms with Gasteiger partial charge < -0.3 is 14.2 Å². The van der Waals surface area contributed by atoms with E-state index in [1.165, 1.54) is 12.1 Å². The highest BCUT2D eigenvalue weighted by atomic mass is 19.3. The maximum atomic E-state index is 15.0. The van der Waals surface area contributed by atoms with Crippen molar-refractivity contribution < 1.29 is 31.8 Å². The molecule has 0 spiro atoms. The van der Waals surface area contributed by atoms with Crippen molar-refractivity contribution in [2.75, 3.05) is 13.2 Å². The molecule has 0 amide bonds. The van der Waals surface area contributed by atoms with Gasteiger partial charge in [-0.1, -0.05) is 19.1 Å². The van der Waals surface area contributed by atoms with E-state index in [1.807, 2.05) is 12.1 Å². The summed E-state index contributed by atoms with van der Waals surface area (Å²) in [5.41, 5.74) is 1.48. The molecule has 0 bridgehead atoms. The average Bonchev–Trinajstić information content (AvgIpc) is 2.90. The molecule has 3 aliphatic rings. The summed E-state index contributed by atoms with van der Waals surface area (Å²) in [6.45, 7) is 3.28. The lowest BCUT2D eigenvalue weighted by Gasteiger charge is -2.39. The van der Waals surface area contributed by atoms with Gasteiger partial charge in [0.1, 0.15) is 17.4 Å². The van der Waals surface area contributed by atoms with E-state index in [4.69, 9.17) is 14.2 Å². The molecule has 1 saturated heterocycles. The Labute approximate surface area is 216 Å². The Morgan fingerprint density at radius 3 is 1.97 bits per heavy atom. The molecule has 7 heteroatoms. The minimum atomic E-state index is -3.27. The molecule has 0 aromatic heterocycles. The van der Waals surface area contributed by atoms with E-state index in [0.29, 0.717) is 43.8 Å². The third-order valence-electron chi connectivity index (χ3n) is 8.55. The summed E-state index contributed by atoms with van der Waals surface area (Å²) in [5.74, 6) is -0.0791. The number of benzene rings is 2. The predicted molar refractivity (Wildman–Crippen MR) is 132 cm³/mol. The first-order valence-electron chi connectivity index (χ1n) is 13.6. The largest absolute Gasteiger partial charge is 0.432 e. The summed E-state index contributed by atoms with van der Waals surface area (Å²) >= 11 is 0. The third kappa shape index (κ3) is 6.31. The maximum Gasteiger partial charge on any atom is 0.400 e. The lowest BCUT2D eigenvalue weighted by atomic mass is 9.68. The number of ether oxygens (including phenoxy) is 3. The quantitative estimate of drug-likeness (QED) is 0.358. The number of halogens is 4. The van der Waals surface area contributed by atoms with E-state index in [1.54, 1.807) is 6.07 Å². The first-order valence-corrected chi connectivity index (χ1v) is 13.6. The summed E-state index contributed by atoms with van der Waals surface area (Å²) in [4.78, 5) is 0. The molecule has 202 valence electrons. The molecule has 0 unspecified atom stereocenters. The lowest BCUT2D eigenvalue weighted by Crippen LogP contribution is -2.38. The van der Waals surface area contributed by atoms with Crippen LogP contribution in [0.4, 0.5) is 17.6 Å². The van der Waals surface area contributed by atoms with E-state index in [-0.39, 0.29) is 17.5 Å². The molecule has 3 fully saturated rings. The molecule has 0 atom stereocenters. The molecule has 3 nitrogen and oxygen atoms in total. The predicted octanol–water partition coefficient (Wildman–Crippen LogP) is 8.40. The van der Waals surface area contributed by atoms with Crippen LogP contribution in [0.2, 0.25) is 0 Å². The average molecular weight is 521 g/mol. The number of rotatable bonds is 6. The fourth-order valence-electron chi connectivity index (χ4n) is 6.38. The van der Waals surface area contributed by atoms with Gasteiger partial charge in [0, 0.05) is 11.5 Å². The van der Waals surface area contributed by atoms with Crippen LogP contribution in [-0.2, 0) is 9.47 Å². The Morgan fingerprint density at radius 1 is 0.784 bits per heavy atom. The Hall–Kier alpha value is -2.12. The highest BCUT2D eigenvalue weighted by Gasteiger charge is 2.45. The van der Waals surface area contributed by atoms with Crippen molar-refractivity contribution in [3.05, 3.63) is 65.2 Å². The zero-order valence-electron chi connectivity index (χ0n) is 21.3. The first kappa shape index (κ1) is 26.5. The van der Waals surface area contributed by atoms with Gasteiger partial charge in [0.15, 0.2) is 6.29 Å². The second-order valence-electron chi connectivity index (χ2n) is 11.2. The smallest absolute Gasteiger partial charge is 0.400 e. The molecule has 0 N–H and O–H groups in total. The number of alkyl halides is 2. The Balaban J connectivity index is 1.10. The molecule has 37 heavy (non-hydrogen) atoms. The van der Waals surface area contributed by atoms with Crippen LogP contribution in [0.1, 0.15) is 81.6 Å². The van der Waals surface area contributed by atoms with Crippen molar-refractivity contribution >= 4 is 0 Å². The topological polar surface area (TPSA) is 27.7 Å². The van der Waals surface area contributed by atoms with Crippen LogP contribution in [0.3, 0.4) is 0 Å². The van der Waals surface area contributed by atoms with Crippen molar-refractivity contribution in [1.82, 2.24) is 0 Å². The van der Waals surface area contributed by atoms with E-state index in [0.717, 1.165) is 61.8 Å². The molecule has 0 radical (unpaired) electrons. The second kappa shape index (κ2) is 11.3. The molecule has 1 aliphatic heterocycles. The second-order valence-corrected chi connectivity index (χ2v) is 11.2. The Kier molecular flexibility index (Phi) is 8.10. The molecular formula is C30H36F4O3. The van der Waals surface area contributed by atoms with Gasteiger partial charge in [0.2, 0.25) is 0 Å². The monoisotopic (exact) mass is 520 g/mol. The van der Waals surface area contributed by atoms with E-state index >= 15 is 4.39 Å². The molecular weight excluding hydrogens is 484 g/mol. The molecule has 2 aliphatic carbocycles. The molecule has 2 aromatic rings. The fourth-order valence-corrected chi connectivity index (χ4v) is 6.38. The SMILES string of the molecule is CC1COC(c2ccc(C3CCC(C4CCC(C(F)(F)Oc5ccc(F)cc5)CC4)CC3)c(F)c2)OC1. The van der Waals surface area contributed by atoms with Gasteiger partial charge >= 0.3 is 6.11 Å². The fraction of sp³-hybridized carbons (Fsp3) is 0.600. The van der Waals surface area contributed by atoms with E-state index in [2.05, 4.69) is 6.92 Å². The van der Waals surface area contributed by atoms with Gasteiger partial charge in [0.25, 0.3) is 0 Å². The summed E-state index contributed by atoms with van der Waals surface area (Å²) in [5, 5.41) is 0. The Morgan fingerprint density at radius 2 is 1.38 bits per heavy atom. The zero-order chi connectivity index (χ0) is 26.0. The van der Waals surface area contributed by atoms with Crippen LogP contribution in [-0.4, -0.2) is 19.3 Å². The van der Waals surface area contributed by atoms with Gasteiger partial charge in [-0.2, -0.15) is 8.78 Å². The molecule has 2 aromatic carbocycles. The number of hydrogen-bond donors (Lipinski definition) is 0. The van der Waals surface area contributed by atoms with Crippen molar-refractivity contribution in [1.29, 1.82) is 0 Å². The van der Waals surface area contributed by atoms with E-state index < -0.39 is 24.1 Å². The summed E-state index contributed by atoms with van der Waals surface area (Å²) < 4.78 is 73.9. The molecule has 1 heterocycles. The summed E-state index contributed by atoms with van der Waals surface area (Å²) in [6.07, 6.45) is 2.40.